The zero-order chi connectivity index (χ0) is 10.8. The monoisotopic (exact) mass is 194 g/mol. The quantitative estimate of drug-likeness (QED) is 0.690. The number of nitrogens with zero attached hydrogens (tertiary/aromatic N) is 1. The number of anilines is 1. The standard InChI is InChI=1S/C10H14N2O2/c1-10(2,3)14-9(13)7-6-12-5-4-8(7)11/h4-6H,1-3H3,(H2,11,12). The largest absolute Gasteiger partial charge is 0.456 e. The zero-order valence-corrected chi connectivity index (χ0v) is 8.57. The molecule has 76 valence electrons. The van der Waals surface area contributed by atoms with Crippen LogP contribution in [0.5, 0.6) is 0 Å². The van der Waals surface area contributed by atoms with Crippen LogP contribution in [0.3, 0.4) is 0 Å². The summed E-state index contributed by atoms with van der Waals surface area (Å²) in [5, 5.41) is 0. The van der Waals surface area contributed by atoms with Gasteiger partial charge in [0, 0.05) is 18.1 Å². The molecule has 4 nitrogen and oxygen atoms in total. The molecule has 0 aliphatic carbocycles. The first kappa shape index (κ1) is 10.5. The molecule has 0 aliphatic rings. The Morgan fingerprint density at radius 2 is 2.14 bits per heavy atom. The Bertz CT molecular complexity index is 342. The van der Waals surface area contributed by atoms with E-state index in [1.807, 2.05) is 0 Å². The number of rotatable bonds is 1. The van der Waals surface area contributed by atoms with Crippen LogP contribution >= 0.6 is 0 Å². The van der Waals surface area contributed by atoms with Gasteiger partial charge in [-0.05, 0) is 26.8 Å². The Labute approximate surface area is 83.1 Å². The van der Waals surface area contributed by atoms with E-state index in [-0.39, 0.29) is 0 Å². The molecule has 1 rings (SSSR count). The van der Waals surface area contributed by atoms with Crippen molar-refractivity contribution in [1.82, 2.24) is 4.98 Å². The van der Waals surface area contributed by atoms with E-state index in [9.17, 15) is 4.79 Å². The maximum Gasteiger partial charge on any atom is 0.342 e. The molecule has 0 saturated carbocycles. The van der Waals surface area contributed by atoms with Crippen molar-refractivity contribution in [2.24, 2.45) is 0 Å². The van der Waals surface area contributed by atoms with Crippen molar-refractivity contribution in [1.29, 1.82) is 0 Å². The van der Waals surface area contributed by atoms with E-state index < -0.39 is 11.6 Å². The van der Waals surface area contributed by atoms with E-state index in [4.69, 9.17) is 10.5 Å². The highest BCUT2D eigenvalue weighted by atomic mass is 16.6. The lowest BCUT2D eigenvalue weighted by atomic mass is 10.2. The second-order valence-electron chi connectivity index (χ2n) is 3.96. The third-order valence-corrected chi connectivity index (χ3v) is 1.47. The van der Waals surface area contributed by atoms with Gasteiger partial charge in [-0.1, -0.05) is 0 Å². The summed E-state index contributed by atoms with van der Waals surface area (Å²) in [6.45, 7) is 5.41. The van der Waals surface area contributed by atoms with Gasteiger partial charge in [0.25, 0.3) is 0 Å². The van der Waals surface area contributed by atoms with Crippen molar-refractivity contribution in [3.05, 3.63) is 24.0 Å². The summed E-state index contributed by atoms with van der Waals surface area (Å²) in [7, 11) is 0. The number of pyridine rings is 1. The average molecular weight is 194 g/mol. The summed E-state index contributed by atoms with van der Waals surface area (Å²) in [6, 6.07) is 1.57. The van der Waals surface area contributed by atoms with E-state index in [1.54, 1.807) is 26.8 Å². The highest BCUT2D eigenvalue weighted by molar-refractivity contribution is 5.94. The molecule has 1 heterocycles. The number of ether oxygens (including phenoxy) is 1. The number of nitrogens with two attached hydrogens (primary N) is 1. The molecule has 0 amide bonds. The van der Waals surface area contributed by atoms with Crippen LogP contribution in [0.25, 0.3) is 0 Å². The number of carbonyl (C=O) groups excluding carboxylic acids is 1. The summed E-state index contributed by atoms with van der Waals surface area (Å²) in [6.07, 6.45) is 2.94. The van der Waals surface area contributed by atoms with E-state index in [0.29, 0.717) is 11.3 Å². The normalized spacial score (nSPS) is 11.1. The Hall–Kier alpha value is -1.58. The van der Waals surface area contributed by atoms with E-state index in [2.05, 4.69) is 4.98 Å². The number of hydrogen-bond donors (Lipinski definition) is 1. The Kier molecular flexibility index (Phi) is 2.74. The second-order valence-corrected chi connectivity index (χ2v) is 3.96. The summed E-state index contributed by atoms with van der Waals surface area (Å²) >= 11 is 0. The van der Waals surface area contributed by atoms with Crippen LogP contribution in [0.15, 0.2) is 18.5 Å². The van der Waals surface area contributed by atoms with Gasteiger partial charge in [-0.2, -0.15) is 0 Å². The lowest BCUT2D eigenvalue weighted by Crippen LogP contribution is -2.24. The van der Waals surface area contributed by atoms with Gasteiger partial charge in [0.15, 0.2) is 0 Å². The van der Waals surface area contributed by atoms with Crippen LogP contribution in [0.2, 0.25) is 0 Å². The SMILES string of the molecule is CC(C)(C)OC(=O)c1cnccc1N. The fourth-order valence-electron chi connectivity index (χ4n) is 0.909. The average Bonchev–Trinajstić information content (AvgIpc) is 2.01. The third-order valence-electron chi connectivity index (χ3n) is 1.47. The lowest BCUT2D eigenvalue weighted by molar-refractivity contribution is 0.00704. The van der Waals surface area contributed by atoms with Crippen LogP contribution in [-0.2, 0) is 4.74 Å². The van der Waals surface area contributed by atoms with Gasteiger partial charge in [0.1, 0.15) is 11.2 Å². The first-order valence-electron chi connectivity index (χ1n) is 4.33. The molecule has 2 N–H and O–H groups in total. The molecule has 0 atom stereocenters. The maximum absolute atomic E-state index is 11.5. The van der Waals surface area contributed by atoms with Crippen LogP contribution in [0, 0.1) is 0 Å². The van der Waals surface area contributed by atoms with E-state index in [1.165, 1.54) is 12.4 Å². The number of hydrogen-bond acceptors (Lipinski definition) is 4. The van der Waals surface area contributed by atoms with Crippen molar-refractivity contribution in [2.45, 2.75) is 26.4 Å². The van der Waals surface area contributed by atoms with E-state index >= 15 is 0 Å². The van der Waals surface area contributed by atoms with Gasteiger partial charge < -0.3 is 10.5 Å². The molecule has 0 unspecified atom stereocenters. The van der Waals surface area contributed by atoms with Crippen molar-refractivity contribution in [3.8, 4) is 0 Å². The molecule has 0 bridgehead atoms. The predicted molar refractivity (Wildman–Crippen MR) is 53.8 cm³/mol. The van der Waals surface area contributed by atoms with Gasteiger partial charge in [-0.15, -0.1) is 0 Å². The summed E-state index contributed by atoms with van der Waals surface area (Å²) < 4.78 is 5.15. The molecule has 0 radical (unpaired) electrons. The minimum atomic E-state index is -0.515. The molecule has 1 aromatic rings. The van der Waals surface area contributed by atoms with Crippen molar-refractivity contribution in [2.75, 3.05) is 5.73 Å². The van der Waals surface area contributed by atoms with Crippen LogP contribution in [-0.4, -0.2) is 16.6 Å². The zero-order valence-electron chi connectivity index (χ0n) is 8.57. The molecular formula is C10H14N2O2. The molecule has 0 spiro atoms. The molecule has 4 heteroatoms. The van der Waals surface area contributed by atoms with E-state index in [0.717, 1.165) is 0 Å². The summed E-state index contributed by atoms with van der Waals surface area (Å²) in [4.78, 5) is 15.4. The number of carbonyl (C=O) groups is 1. The summed E-state index contributed by atoms with van der Waals surface area (Å²) in [5.74, 6) is -0.442. The molecule has 1 aromatic heterocycles. The second kappa shape index (κ2) is 3.65. The first-order valence-corrected chi connectivity index (χ1v) is 4.33. The molecule has 0 fully saturated rings. The smallest absolute Gasteiger partial charge is 0.342 e. The van der Waals surface area contributed by atoms with Gasteiger partial charge in [-0.25, -0.2) is 4.79 Å². The van der Waals surface area contributed by atoms with Crippen molar-refractivity contribution in [3.63, 3.8) is 0 Å². The lowest BCUT2D eigenvalue weighted by Gasteiger charge is -2.19. The minimum absolute atomic E-state index is 0.308. The van der Waals surface area contributed by atoms with Crippen molar-refractivity contribution < 1.29 is 9.53 Å². The van der Waals surface area contributed by atoms with Gasteiger partial charge in [0.2, 0.25) is 0 Å². The highest BCUT2D eigenvalue weighted by Crippen LogP contribution is 2.15. The van der Waals surface area contributed by atoms with Gasteiger partial charge >= 0.3 is 5.97 Å². The Balaban J connectivity index is 2.86. The topological polar surface area (TPSA) is 65.2 Å². The molecule has 14 heavy (non-hydrogen) atoms. The van der Waals surface area contributed by atoms with Gasteiger partial charge in [-0.3, -0.25) is 4.98 Å². The molecule has 0 aliphatic heterocycles. The predicted octanol–water partition coefficient (Wildman–Crippen LogP) is 1.62. The van der Waals surface area contributed by atoms with Crippen LogP contribution in [0.1, 0.15) is 31.1 Å². The Morgan fingerprint density at radius 1 is 1.50 bits per heavy atom. The first-order chi connectivity index (χ1) is 6.40. The van der Waals surface area contributed by atoms with Gasteiger partial charge in [0.05, 0.1) is 0 Å². The van der Waals surface area contributed by atoms with Crippen LogP contribution < -0.4 is 5.73 Å². The molecular weight excluding hydrogens is 180 g/mol. The number of esters is 1. The number of nitrogen functional groups attached to an aromatic ring is 1. The Morgan fingerprint density at radius 3 is 2.64 bits per heavy atom. The van der Waals surface area contributed by atoms with Crippen molar-refractivity contribution >= 4 is 11.7 Å². The van der Waals surface area contributed by atoms with Crippen LogP contribution in [0.4, 0.5) is 5.69 Å². The fourth-order valence-corrected chi connectivity index (χ4v) is 0.909. The fraction of sp³-hybridized carbons (Fsp3) is 0.400. The molecule has 0 aromatic carbocycles. The minimum Gasteiger partial charge on any atom is -0.456 e. The molecule has 0 saturated heterocycles. The maximum atomic E-state index is 11.5. The summed E-state index contributed by atoms with van der Waals surface area (Å²) in [5.41, 5.74) is 5.78. The number of aromatic nitrogens is 1. The highest BCUT2D eigenvalue weighted by Gasteiger charge is 2.19. The third kappa shape index (κ3) is 2.73.